The zero-order chi connectivity index (χ0) is 17.9. The number of carbonyl (C=O) groups is 1. The van der Waals surface area contributed by atoms with Crippen LogP contribution in [-0.4, -0.2) is 38.5 Å². The molecule has 0 radical (unpaired) electrons. The molecule has 1 atom stereocenters. The zero-order valence-electron chi connectivity index (χ0n) is 14.1. The van der Waals surface area contributed by atoms with E-state index in [4.69, 9.17) is 4.74 Å². The van der Waals surface area contributed by atoms with Crippen LogP contribution < -0.4 is 9.64 Å². The van der Waals surface area contributed by atoms with Gasteiger partial charge >= 0.3 is 0 Å². The molecular formula is C19H21NO4S. The van der Waals surface area contributed by atoms with Crippen molar-refractivity contribution in [2.75, 3.05) is 23.0 Å². The van der Waals surface area contributed by atoms with Crippen LogP contribution in [0.15, 0.2) is 54.6 Å². The van der Waals surface area contributed by atoms with Crippen LogP contribution in [0.3, 0.4) is 0 Å². The van der Waals surface area contributed by atoms with Crippen LogP contribution >= 0.6 is 0 Å². The Morgan fingerprint density at radius 1 is 1.16 bits per heavy atom. The average Bonchev–Trinajstić information content (AvgIpc) is 2.94. The first-order valence-corrected chi connectivity index (χ1v) is 10.0. The van der Waals surface area contributed by atoms with E-state index < -0.39 is 9.84 Å². The molecule has 1 saturated heterocycles. The lowest BCUT2D eigenvalue weighted by atomic mass is 10.2. The maximum atomic E-state index is 12.8. The number of aryl methyl sites for hydroxylation is 1. The van der Waals surface area contributed by atoms with Gasteiger partial charge in [-0.25, -0.2) is 8.42 Å². The third kappa shape index (κ3) is 4.39. The second-order valence-corrected chi connectivity index (χ2v) is 8.49. The lowest BCUT2D eigenvalue weighted by Gasteiger charge is -2.28. The number of para-hydroxylation sites is 1. The van der Waals surface area contributed by atoms with Gasteiger partial charge in [-0.2, -0.15) is 0 Å². The molecule has 0 N–H and O–H groups in total. The fourth-order valence-electron chi connectivity index (χ4n) is 3.05. The minimum Gasteiger partial charge on any atom is -0.484 e. The number of hydrogen-bond acceptors (Lipinski definition) is 4. The number of amides is 1. The fourth-order valence-corrected chi connectivity index (χ4v) is 4.75. The van der Waals surface area contributed by atoms with Crippen LogP contribution in [0.2, 0.25) is 0 Å². The summed E-state index contributed by atoms with van der Waals surface area (Å²) in [6, 6.07) is 16.3. The van der Waals surface area contributed by atoms with Gasteiger partial charge in [-0.15, -0.1) is 0 Å². The molecular weight excluding hydrogens is 338 g/mol. The van der Waals surface area contributed by atoms with Crippen LogP contribution in [-0.2, 0) is 14.6 Å². The first-order valence-electron chi connectivity index (χ1n) is 8.22. The van der Waals surface area contributed by atoms with Gasteiger partial charge in [0.15, 0.2) is 16.4 Å². The summed E-state index contributed by atoms with van der Waals surface area (Å²) in [6.07, 6.45) is 0.452. The molecule has 0 saturated carbocycles. The van der Waals surface area contributed by atoms with E-state index in [-0.39, 0.29) is 30.1 Å². The third-order valence-corrected chi connectivity index (χ3v) is 5.98. The highest BCUT2D eigenvalue weighted by Gasteiger charge is 2.35. The number of ether oxygens (including phenoxy) is 1. The highest BCUT2D eigenvalue weighted by atomic mass is 32.2. The minimum atomic E-state index is -3.09. The molecule has 2 aromatic carbocycles. The molecule has 0 spiro atoms. The monoisotopic (exact) mass is 359 g/mol. The number of sulfone groups is 1. The van der Waals surface area contributed by atoms with E-state index >= 15 is 0 Å². The number of carbonyl (C=O) groups excluding carboxylic acids is 1. The van der Waals surface area contributed by atoms with Gasteiger partial charge in [0.25, 0.3) is 5.91 Å². The summed E-state index contributed by atoms with van der Waals surface area (Å²) in [5, 5.41) is 0. The van der Waals surface area contributed by atoms with Crippen molar-refractivity contribution in [3.8, 4) is 5.75 Å². The molecule has 132 valence electrons. The van der Waals surface area contributed by atoms with Gasteiger partial charge in [0.1, 0.15) is 5.75 Å². The van der Waals surface area contributed by atoms with E-state index in [9.17, 15) is 13.2 Å². The van der Waals surface area contributed by atoms with E-state index in [0.29, 0.717) is 17.9 Å². The quantitative estimate of drug-likeness (QED) is 0.823. The van der Waals surface area contributed by atoms with Gasteiger partial charge in [0, 0.05) is 5.69 Å². The second-order valence-electron chi connectivity index (χ2n) is 6.26. The second kappa shape index (κ2) is 7.27. The molecule has 1 amide bonds. The Labute approximate surface area is 148 Å². The molecule has 6 heteroatoms. The smallest absolute Gasteiger partial charge is 0.265 e. The Balaban J connectivity index is 1.78. The Kier molecular flexibility index (Phi) is 5.08. The predicted molar refractivity (Wildman–Crippen MR) is 97.7 cm³/mol. The van der Waals surface area contributed by atoms with Crippen LogP contribution in [0.4, 0.5) is 5.69 Å². The molecule has 0 aliphatic carbocycles. The summed E-state index contributed by atoms with van der Waals surface area (Å²) >= 11 is 0. The van der Waals surface area contributed by atoms with Crippen LogP contribution in [0.5, 0.6) is 5.75 Å². The van der Waals surface area contributed by atoms with Crippen molar-refractivity contribution in [2.45, 2.75) is 19.4 Å². The number of nitrogens with zero attached hydrogens (tertiary/aromatic N) is 1. The highest BCUT2D eigenvalue weighted by Crippen LogP contribution is 2.25. The van der Waals surface area contributed by atoms with Gasteiger partial charge in [-0.3, -0.25) is 4.79 Å². The summed E-state index contributed by atoms with van der Waals surface area (Å²) < 4.78 is 29.3. The van der Waals surface area contributed by atoms with Gasteiger partial charge in [0.2, 0.25) is 0 Å². The maximum Gasteiger partial charge on any atom is 0.265 e. The van der Waals surface area contributed by atoms with E-state index in [0.717, 1.165) is 5.56 Å². The lowest BCUT2D eigenvalue weighted by Crippen LogP contribution is -2.43. The van der Waals surface area contributed by atoms with Crippen molar-refractivity contribution in [1.82, 2.24) is 0 Å². The number of benzene rings is 2. The van der Waals surface area contributed by atoms with Crippen molar-refractivity contribution in [2.24, 2.45) is 0 Å². The summed E-state index contributed by atoms with van der Waals surface area (Å²) in [4.78, 5) is 14.4. The van der Waals surface area contributed by atoms with E-state index in [1.807, 2.05) is 55.5 Å². The molecule has 0 bridgehead atoms. The van der Waals surface area contributed by atoms with Crippen LogP contribution in [0.1, 0.15) is 12.0 Å². The number of hydrogen-bond donors (Lipinski definition) is 0. The molecule has 0 aromatic heterocycles. The molecule has 25 heavy (non-hydrogen) atoms. The summed E-state index contributed by atoms with van der Waals surface area (Å²) in [7, 11) is -3.09. The van der Waals surface area contributed by atoms with Gasteiger partial charge < -0.3 is 9.64 Å². The Morgan fingerprint density at radius 3 is 2.56 bits per heavy atom. The predicted octanol–water partition coefficient (Wildman–Crippen LogP) is 2.59. The number of rotatable bonds is 5. The maximum absolute atomic E-state index is 12.8. The van der Waals surface area contributed by atoms with Crippen LogP contribution in [0.25, 0.3) is 0 Å². The van der Waals surface area contributed by atoms with Crippen molar-refractivity contribution in [3.05, 3.63) is 60.2 Å². The Bertz CT molecular complexity index is 849. The fraction of sp³-hybridized carbons (Fsp3) is 0.316. The summed E-state index contributed by atoms with van der Waals surface area (Å²) in [5.41, 5.74) is 1.74. The summed E-state index contributed by atoms with van der Waals surface area (Å²) in [6.45, 7) is 1.82. The normalized spacial score (nSPS) is 18.7. The van der Waals surface area contributed by atoms with Crippen LogP contribution in [0, 0.1) is 6.92 Å². The van der Waals surface area contributed by atoms with Crippen molar-refractivity contribution in [1.29, 1.82) is 0 Å². The Hall–Kier alpha value is -2.34. The van der Waals surface area contributed by atoms with Crippen molar-refractivity contribution >= 4 is 21.4 Å². The summed E-state index contributed by atoms with van der Waals surface area (Å²) in [5.74, 6) is 0.501. The average molecular weight is 359 g/mol. The van der Waals surface area contributed by atoms with E-state index in [1.54, 1.807) is 11.0 Å². The zero-order valence-corrected chi connectivity index (χ0v) is 14.9. The SMILES string of the molecule is Cc1cccc(OCC(=O)N(c2ccccc2)[C@H]2CCS(=O)(=O)C2)c1. The molecule has 1 heterocycles. The van der Waals surface area contributed by atoms with E-state index in [2.05, 4.69) is 0 Å². The molecule has 1 fully saturated rings. The minimum absolute atomic E-state index is 0.00191. The lowest BCUT2D eigenvalue weighted by molar-refractivity contribution is -0.121. The first kappa shape index (κ1) is 17.5. The van der Waals surface area contributed by atoms with Crippen molar-refractivity contribution < 1.29 is 17.9 Å². The largest absolute Gasteiger partial charge is 0.484 e. The Morgan fingerprint density at radius 2 is 1.92 bits per heavy atom. The first-order chi connectivity index (χ1) is 11.9. The molecule has 3 rings (SSSR count). The highest BCUT2D eigenvalue weighted by molar-refractivity contribution is 7.91. The topological polar surface area (TPSA) is 63.7 Å². The van der Waals surface area contributed by atoms with Gasteiger partial charge in [-0.05, 0) is 43.2 Å². The molecule has 2 aromatic rings. The van der Waals surface area contributed by atoms with E-state index in [1.165, 1.54) is 0 Å². The molecule has 0 unspecified atom stereocenters. The standard InChI is InChI=1S/C19H21NO4S/c1-15-6-5-9-18(12-15)24-13-19(21)20(16-7-3-2-4-8-16)17-10-11-25(22,23)14-17/h2-9,12,17H,10-11,13-14H2,1H3/t17-/m0/s1. The molecule has 5 nitrogen and oxygen atoms in total. The third-order valence-electron chi connectivity index (χ3n) is 4.23. The van der Waals surface area contributed by atoms with Crippen molar-refractivity contribution in [3.63, 3.8) is 0 Å². The van der Waals surface area contributed by atoms with Gasteiger partial charge in [-0.1, -0.05) is 30.3 Å². The number of anilines is 1. The molecule has 1 aliphatic heterocycles. The van der Waals surface area contributed by atoms with Gasteiger partial charge in [0.05, 0.1) is 17.5 Å². The molecule has 1 aliphatic rings.